The fourth-order valence-corrected chi connectivity index (χ4v) is 5.54. The van der Waals surface area contributed by atoms with Gasteiger partial charge in [-0.3, -0.25) is 29.4 Å². The topological polar surface area (TPSA) is 355 Å². The largest absolute Gasteiger partial charge is 0.508 e. The smallest absolute Gasteiger partial charge is 0.326 e. The van der Waals surface area contributed by atoms with Crippen LogP contribution in [-0.4, -0.2) is 126 Å². The molecule has 0 unspecified atom stereocenters. The summed E-state index contributed by atoms with van der Waals surface area (Å²) >= 11 is 4.25. The van der Waals surface area contributed by atoms with Crippen molar-refractivity contribution in [2.24, 2.45) is 22.9 Å². The molecule has 1 aromatic carbocycles. The van der Waals surface area contributed by atoms with Crippen molar-refractivity contribution in [2.75, 3.05) is 31.9 Å². The van der Waals surface area contributed by atoms with E-state index in [0.717, 1.165) is 0 Å². The summed E-state index contributed by atoms with van der Waals surface area (Å²) in [7, 11) is 0. The number of nitrogens with two attached hydrogens (primary N) is 4. The molecule has 0 saturated heterocycles. The van der Waals surface area contributed by atoms with E-state index >= 15 is 0 Å². The number of carbonyl (C=O) groups excluding carboxylic acids is 5. The lowest BCUT2D eigenvalue weighted by molar-refractivity contribution is -0.142. The summed E-state index contributed by atoms with van der Waals surface area (Å²) in [4.78, 5) is 79.2. The Morgan fingerprint density at radius 1 is 0.696 bits per heavy atom. The molecule has 56 heavy (non-hydrogen) atoms. The van der Waals surface area contributed by atoms with Gasteiger partial charge in [0.1, 0.15) is 36.0 Å². The van der Waals surface area contributed by atoms with E-state index in [4.69, 9.17) is 28.3 Å². The molecule has 5 amide bonds. The molecule has 0 heterocycles. The van der Waals surface area contributed by atoms with Crippen LogP contribution in [0.4, 0.5) is 0 Å². The first kappa shape index (κ1) is 49.3. The number of carbonyl (C=O) groups is 6. The number of phenolic OH excluding ortho intramolecular Hbond substituents is 1. The number of hydrogen-bond donors (Lipinski definition) is 15. The van der Waals surface area contributed by atoms with Gasteiger partial charge < -0.3 is 70.4 Å². The van der Waals surface area contributed by atoms with Crippen molar-refractivity contribution in [2.45, 2.75) is 108 Å². The number of carboxylic acid groups (broad SMARTS) is 1. The Labute approximate surface area is 333 Å². The number of rotatable bonds is 28. The lowest BCUT2D eigenvalue weighted by Gasteiger charge is -2.27. The van der Waals surface area contributed by atoms with Gasteiger partial charge in [0.15, 0.2) is 5.96 Å². The third-order valence-corrected chi connectivity index (χ3v) is 8.80. The minimum Gasteiger partial charge on any atom is -0.508 e. The van der Waals surface area contributed by atoms with Gasteiger partial charge in [0, 0.05) is 24.8 Å². The van der Waals surface area contributed by atoms with Crippen LogP contribution in [0.3, 0.4) is 0 Å². The number of aliphatic carboxylic acids is 1. The second-order valence-electron chi connectivity index (χ2n) is 13.5. The minimum absolute atomic E-state index is 0.00413. The third-order valence-electron chi connectivity index (χ3n) is 8.44. The van der Waals surface area contributed by atoms with Gasteiger partial charge in [0.05, 0.1) is 6.04 Å². The summed E-state index contributed by atoms with van der Waals surface area (Å²) in [6, 6.07) is -1.34. The number of carboxylic acids is 1. The first-order valence-electron chi connectivity index (χ1n) is 18.6. The van der Waals surface area contributed by atoms with Gasteiger partial charge in [-0.05, 0) is 82.3 Å². The average Bonchev–Trinajstić information content (AvgIpc) is 3.14. The van der Waals surface area contributed by atoms with E-state index < -0.39 is 71.8 Å². The SMILES string of the molecule is CC(C)NCC[C@H](NC(=O)[C@H](CS)NC(=O)[C@H](CCCCN)NC(=O)[C@@H](N)CCN)C(=O)N[C@@H](CCCNC(=N)N)C(=O)N[C@@H](Cc1ccc(O)cc1)C(=O)O. The zero-order chi connectivity index (χ0) is 42.2. The van der Waals surface area contributed by atoms with Crippen LogP contribution in [0.25, 0.3) is 0 Å². The van der Waals surface area contributed by atoms with E-state index in [1.807, 2.05) is 13.8 Å². The summed E-state index contributed by atoms with van der Waals surface area (Å²) in [5, 5.41) is 45.6. The molecule has 1 aromatic rings. The van der Waals surface area contributed by atoms with E-state index in [-0.39, 0.29) is 81.7 Å². The van der Waals surface area contributed by atoms with Crippen LogP contribution < -0.4 is 60.2 Å². The second kappa shape index (κ2) is 27.0. The van der Waals surface area contributed by atoms with Crippen LogP contribution in [-0.2, 0) is 35.2 Å². The Morgan fingerprint density at radius 2 is 1.20 bits per heavy atom. The predicted octanol–water partition coefficient (Wildman–Crippen LogP) is -3.17. The number of phenols is 1. The van der Waals surface area contributed by atoms with Gasteiger partial charge in [-0.25, -0.2) is 4.79 Å². The number of benzene rings is 1. The van der Waals surface area contributed by atoms with Crippen molar-refractivity contribution in [3.63, 3.8) is 0 Å². The summed E-state index contributed by atoms with van der Waals surface area (Å²) in [5.41, 5.74) is 22.9. The van der Waals surface area contributed by atoms with Gasteiger partial charge in [-0.1, -0.05) is 26.0 Å². The molecule has 21 heteroatoms. The van der Waals surface area contributed by atoms with Gasteiger partial charge in [-0.2, -0.15) is 12.6 Å². The highest BCUT2D eigenvalue weighted by Gasteiger charge is 2.32. The monoisotopic (exact) mass is 810 g/mol. The van der Waals surface area contributed by atoms with Crippen molar-refractivity contribution >= 4 is 54.1 Å². The molecule has 0 saturated carbocycles. The summed E-state index contributed by atoms with van der Waals surface area (Å²) in [5.74, 6) is -5.45. The first-order valence-corrected chi connectivity index (χ1v) is 19.3. The van der Waals surface area contributed by atoms with E-state index in [1.54, 1.807) is 0 Å². The molecular weight excluding hydrogens is 749 g/mol. The molecular formula is C35H62N12O8S. The van der Waals surface area contributed by atoms with Crippen molar-refractivity contribution in [1.82, 2.24) is 37.2 Å². The molecule has 0 aliphatic carbocycles. The zero-order valence-corrected chi connectivity index (χ0v) is 33.0. The quantitative estimate of drug-likeness (QED) is 0.0172. The number of unbranched alkanes of at least 4 members (excludes halogenated alkanes) is 1. The molecule has 1 rings (SSSR count). The number of amides is 5. The highest BCUT2D eigenvalue weighted by molar-refractivity contribution is 7.80. The fourth-order valence-electron chi connectivity index (χ4n) is 5.29. The van der Waals surface area contributed by atoms with Crippen LogP contribution in [0.5, 0.6) is 5.75 Å². The minimum atomic E-state index is -1.40. The van der Waals surface area contributed by atoms with E-state index in [1.165, 1.54) is 24.3 Å². The Bertz CT molecular complexity index is 1420. The number of aromatic hydroxyl groups is 1. The summed E-state index contributed by atoms with van der Waals surface area (Å²) < 4.78 is 0. The predicted molar refractivity (Wildman–Crippen MR) is 214 cm³/mol. The Balaban J connectivity index is 3.26. The Morgan fingerprint density at radius 3 is 1.70 bits per heavy atom. The number of nitrogens with one attached hydrogen (secondary N) is 8. The van der Waals surface area contributed by atoms with E-state index in [2.05, 4.69) is 49.8 Å². The van der Waals surface area contributed by atoms with Gasteiger partial charge in [-0.15, -0.1) is 0 Å². The van der Waals surface area contributed by atoms with Crippen LogP contribution in [0, 0.1) is 5.41 Å². The van der Waals surface area contributed by atoms with Gasteiger partial charge in [0.25, 0.3) is 0 Å². The van der Waals surface area contributed by atoms with Crippen molar-refractivity contribution < 1.29 is 39.0 Å². The van der Waals surface area contributed by atoms with E-state index in [9.17, 15) is 39.0 Å². The maximum absolute atomic E-state index is 13.9. The Kier molecular flexibility index (Phi) is 23.8. The van der Waals surface area contributed by atoms with Crippen molar-refractivity contribution in [3.8, 4) is 5.75 Å². The van der Waals surface area contributed by atoms with Crippen molar-refractivity contribution in [1.29, 1.82) is 5.41 Å². The lowest BCUT2D eigenvalue weighted by Crippen LogP contribution is -2.60. The highest BCUT2D eigenvalue weighted by atomic mass is 32.1. The fraction of sp³-hybridized carbons (Fsp3) is 0.629. The molecule has 316 valence electrons. The molecule has 0 spiro atoms. The van der Waals surface area contributed by atoms with Crippen LogP contribution in [0.1, 0.15) is 64.4 Å². The van der Waals surface area contributed by atoms with Crippen LogP contribution in [0.2, 0.25) is 0 Å². The molecule has 0 aliphatic heterocycles. The standard InChI is InChI=1S/C35H62N12O8S/c1-20(2)41-17-13-26(45-33(53)28(19-56)47-31(51)24(6-3-4-14-36)43-29(49)23(38)12-15-37)32(52)44-25(7-5-16-42-35(39)40)30(50)46-27(34(54)55)18-21-8-10-22(48)11-9-21/h8-11,20,23-28,41,48,56H,3-7,12-19,36-38H2,1-2H3,(H,43,49)(H,44,52)(H,45,53)(H,46,50)(H,47,51)(H,54,55)(H4,39,40,42)/t23-,24-,25-,26-,27-,28-/m0/s1. The molecule has 0 bridgehead atoms. The molecule has 18 N–H and O–H groups in total. The highest BCUT2D eigenvalue weighted by Crippen LogP contribution is 2.12. The molecule has 20 nitrogen and oxygen atoms in total. The second-order valence-corrected chi connectivity index (χ2v) is 13.9. The van der Waals surface area contributed by atoms with Crippen molar-refractivity contribution in [3.05, 3.63) is 29.8 Å². The van der Waals surface area contributed by atoms with Crippen LogP contribution >= 0.6 is 12.6 Å². The Hall–Kier alpha value is -4.70. The third kappa shape index (κ3) is 19.8. The molecule has 6 atom stereocenters. The summed E-state index contributed by atoms with van der Waals surface area (Å²) in [6.07, 6.45) is 1.63. The summed E-state index contributed by atoms with van der Waals surface area (Å²) in [6.45, 7) is 4.73. The molecule has 0 aromatic heterocycles. The van der Waals surface area contributed by atoms with Crippen LogP contribution in [0.15, 0.2) is 24.3 Å². The zero-order valence-electron chi connectivity index (χ0n) is 32.1. The number of hydrogen-bond acceptors (Lipinski definition) is 13. The lowest BCUT2D eigenvalue weighted by atomic mass is 10.0. The molecule has 0 aliphatic rings. The maximum atomic E-state index is 13.9. The molecule has 0 radical (unpaired) electrons. The molecule has 0 fully saturated rings. The average molecular weight is 811 g/mol. The van der Waals surface area contributed by atoms with Gasteiger partial charge >= 0.3 is 5.97 Å². The number of guanidine groups is 1. The van der Waals surface area contributed by atoms with E-state index in [0.29, 0.717) is 24.9 Å². The normalized spacial score (nSPS) is 14.3. The first-order chi connectivity index (χ1) is 26.5. The maximum Gasteiger partial charge on any atom is 0.326 e. The number of thiol groups is 1. The van der Waals surface area contributed by atoms with Gasteiger partial charge in [0.2, 0.25) is 29.5 Å².